The molecule has 1 aromatic heterocycles. The number of hydrogen-bond donors (Lipinski definition) is 3. The van der Waals surface area contributed by atoms with Crippen molar-refractivity contribution >= 4 is 39.8 Å². The van der Waals surface area contributed by atoms with Gasteiger partial charge in [-0.2, -0.15) is 5.10 Å². The van der Waals surface area contributed by atoms with Crippen LogP contribution in [0.2, 0.25) is 5.02 Å². The maximum absolute atomic E-state index is 11.4. The van der Waals surface area contributed by atoms with Crippen LogP contribution >= 0.6 is 11.6 Å². The van der Waals surface area contributed by atoms with E-state index >= 15 is 0 Å². The van der Waals surface area contributed by atoms with E-state index in [0.29, 0.717) is 10.6 Å². The molecule has 4 rings (SSSR count). The van der Waals surface area contributed by atoms with Crippen LogP contribution in [0.3, 0.4) is 0 Å². The third-order valence-corrected chi connectivity index (χ3v) is 4.47. The van der Waals surface area contributed by atoms with Gasteiger partial charge in [-0.1, -0.05) is 35.9 Å². The average Bonchev–Trinajstić information content (AvgIpc) is 3.07. The topological polar surface area (TPSA) is 83.8 Å². The Labute approximate surface area is 154 Å². The van der Waals surface area contributed by atoms with Gasteiger partial charge in [0.05, 0.1) is 21.9 Å². The highest BCUT2D eigenvalue weighted by molar-refractivity contribution is 6.33. The number of rotatable bonds is 4. The number of aromatic nitrogens is 2. The molecule has 128 valence electrons. The highest BCUT2D eigenvalue weighted by Gasteiger charge is 2.11. The van der Waals surface area contributed by atoms with Gasteiger partial charge in [-0.25, -0.2) is 0 Å². The summed E-state index contributed by atoms with van der Waals surface area (Å²) >= 11 is 6.20. The highest BCUT2D eigenvalue weighted by atomic mass is 35.5. The lowest BCUT2D eigenvalue weighted by Gasteiger charge is -2.08. The fraction of sp³-hybridized carbons (Fsp3) is 0. The first-order valence-electron chi connectivity index (χ1n) is 8.02. The number of H-pyrrole nitrogens is 1. The van der Waals surface area contributed by atoms with Gasteiger partial charge in [0.1, 0.15) is 0 Å². The Morgan fingerprint density at radius 3 is 2.69 bits per heavy atom. The van der Waals surface area contributed by atoms with Crippen molar-refractivity contribution in [2.75, 3.05) is 5.32 Å². The average molecular weight is 363 g/mol. The molecule has 0 aliphatic heterocycles. The first kappa shape index (κ1) is 16.2. The molecule has 4 aromatic rings. The Balaban J connectivity index is 1.71. The molecule has 0 saturated carbocycles. The number of carbonyl (C=O) groups excluding carboxylic acids is 1. The van der Waals surface area contributed by atoms with E-state index < -0.39 is 5.91 Å². The van der Waals surface area contributed by atoms with Crippen LogP contribution in [0, 0.1) is 0 Å². The molecule has 0 fully saturated rings. The summed E-state index contributed by atoms with van der Waals surface area (Å²) in [6, 6.07) is 20.6. The molecular formula is C20H15ClN4O. The number of nitrogens with zero attached hydrogens (tertiary/aromatic N) is 1. The van der Waals surface area contributed by atoms with Crippen LogP contribution in [0.15, 0.2) is 66.7 Å². The molecule has 0 unspecified atom stereocenters. The van der Waals surface area contributed by atoms with E-state index in [1.54, 1.807) is 18.2 Å². The maximum Gasteiger partial charge on any atom is 0.248 e. The molecule has 1 heterocycles. The second kappa shape index (κ2) is 6.54. The fourth-order valence-electron chi connectivity index (χ4n) is 2.86. The van der Waals surface area contributed by atoms with Gasteiger partial charge in [0.15, 0.2) is 0 Å². The molecule has 0 atom stereocenters. The van der Waals surface area contributed by atoms with Crippen molar-refractivity contribution in [1.82, 2.24) is 10.2 Å². The minimum absolute atomic E-state index is 0.454. The number of fused-ring (bicyclic) bond motifs is 1. The minimum atomic E-state index is -0.460. The van der Waals surface area contributed by atoms with Gasteiger partial charge < -0.3 is 11.1 Å². The monoisotopic (exact) mass is 362 g/mol. The molecule has 0 radical (unpaired) electrons. The molecule has 0 saturated heterocycles. The Morgan fingerprint density at radius 2 is 1.88 bits per heavy atom. The Kier molecular flexibility index (Phi) is 4.07. The predicted molar refractivity (Wildman–Crippen MR) is 105 cm³/mol. The van der Waals surface area contributed by atoms with Gasteiger partial charge in [-0.15, -0.1) is 0 Å². The van der Waals surface area contributed by atoms with Crippen LogP contribution in [0.1, 0.15) is 10.4 Å². The lowest BCUT2D eigenvalue weighted by atomic mass is 10.0. The third-order valence-electron chi connectivity index (χ3n) is 4.14. The van der Waals surface area contributed by atoms with Crippen LogP contribution in [-0.2, 0) is 0 Å². The van der Waals surface area contributed by atoms with Crippen LogP contribution in [0.4, 0.5) is 11.4 Å². The van der Waals surface area contributed by atoms with Gasteiger partial charge in [-0.05, 0) is 42.5 Å². The van der Waals surface area contributed by atoms with E-state index in [1.165, 1.54) is 0 Å². The first-order valence-corrected chi connectivity index (χ1v) is 8.39. The summed E-state index contributed by atoms with van der Waals surface area (Å²) in [5.74, 6) is -0.460. The van der Waals surface area contributed by atoms with Crippen LogP contribution in [0.5, 0.6) is 0 Å². The maximum atomic E-state index is 11.4. The molecule has 1 amide bonds. The standard InChI is InChI=1S/C20H15ClN4O/c21-16-6-1-2-7-17(16)23-14-8-9-15-18(11-14)24-25-19(15)12-4-3-5-13(10-12)20(22)26/h1-11,23H,(H2,22,26)(H,24,25). The number of amides is 1. The number of para-hydroxylation sites is 1. The summed E-state index contributed by atoms with van der Waals surface area (Å²) in [5.41, 5.74) is 10.0. The van der Waals surface area contributed by atoms with Crippen molar-refractivity contribution in [2.45, 2.75) is 0 Å². The summed E-state index contributed by atoms with van der Waals surface area (Å²) in [6.07, 6.45) is 0. The second-order valence-electron chi connectivity index (χ2n) is 5.88. The number of nitrogens with one attached hydrogen (secondary N) is 2. The fourth-order valence-corrected chi connectivity index (χ4v) is 3.04. The van der Waals surface area contributed by atoms with Crippen molar-refractivity contribution in [3.05, 3.63) is 77.3 Å². The molecule has 5 nitrogen and oxygen atoms in total. The number of anilines is 2. The van der Waals surface area contributed by atoms with Gasteiger partial charge in [0.25, 0.3) is 0 Å². The van der Waals surface area contributed by atoms with E-state index in [-0.39, 0.29) is 0 Å². The lowest BCUT2D eigenvalue weighted by Crippen LogP contribution is -2.10. The Bertz CT molecular complexity index is 1120. The number of primary amides is 1. The molecule has 0 bridgehead atoms. The first-order chi connectivity index (χ1) is 12.6. The van der Waals surface area contributed by atoms with Gasteiger partial charge in [0.2, 0.25) is 5.91 Å². The largest absolute Gasteiger partial charge is 0.366 e. The third kappa shape index (κ3) is 3.00. The number of aromatic amines is 1. The molecule has 0 spiro atoms. The normalized spacial score (nSPS) is 10.8. The molecule has 26 heavy (non-hydrogen) atoms. The number of hydrogen-bond acceptors (Lipinski definition) is 3. The van der Waals surface area contributed by atoms with Crippen molar-refractivity contribution in [3.63, 3.8) is 0 Å². The van der Waals surface area contributed by atoms with Crippen LogP contribution in [-0.4, -0.2) is 16.1 Å². The van der Waals surface area contributed by atoms with E-state index in [0.717, 1.165) is 33.5 Å². The zero-order chi connectivity index (χ0) is 18.1. The quantitative estimate of drug-likeness (QED) is 0.491. The molecule has 0 aliphatic carbocycles. The highest BCUT2D eigenvalue weighted by Crippen LogP contribution is 2.31. The second-order valence-corrected chi connectivity index (χ2v) is 6.29. The minimum Gasteiger partial charge on any atom is -0.366 e. The van der Waals surface area contributed by atoms with Crippen molar-refractivity contribution in [2.24, 2.45) is 5.73 Å². The van der Waals surface area contributed by atoms with Crippen LogP contribution < -0.4 is 11.1 Å². The van der Waals surface area contributed by atoms with Gasteiger partial charge in [-0.3, -0.25) is 9.89 Å². The number of benzene rings is 3. The molecule has 4 N–H and O–H groups in total. The Hall–Kier alpha value is -3.31. The summed E-state index contributed by atoms with van der Waals surface area (Å²) in [4.78, 5) is 11.4. The number of halogens is 1. The van der Waals surface area contributed by atoms with E-state index in [9.17, 15) is 4.79 Å². The molecular weight excluding hydrogens is 348 g/mol. The van der Waals surface area contributed by atoms with Crippen molar-refractivity contribution in [3.8, 4) is 11.3 Å². The molecule has 0 aliphatic rings. The van der Waals surface area contributed by atoms with Crippen molar-refractivity contribution in [1.29, 1.82) is 0 Å². The summed E-state index contributed by atoms with van der Waals surface area (Å²) in [6.45, 7) is 0. The summed E-state index contributed by atoms with van der Waals surface area (Å²) in [5, 5.41) is 12.3. The predicted octanol–water partition coefficient (Wildman–Crippen LogP) is 4.73. The van der Waals surface area contributed by atoms with E-state index in [4.69, 9.17) is 17.3 Å². The lowest BCUT2D eigenvalue weighted by molar-refractivity contribution is 0.100. The van der Waals surface area contributed by atoms with Crippen LogP contribution in [0.25, 0.3) is 22.2 Å². The van der Waals surface area contributed by atoms with E-state index in [2.05, 4.69) is 15.5 Å². The summed E-state index contributed by atoms with van der Waals surface area (Å²) in [7, 11) is 0. The SMILES string of the molecule is NC(=O)c1cccc(-c2n[nH]c3cc(Nc4ccccc4Cl)ccc23)c1. The zero-order valence-electron chi connectivity index (χ0n) is 13.7. The Morgan fingerprint density at radius 1 is 1.04 bits per heavy atom. The van der Waals surface area contributed by atoms with Gasteiger partial charge in [0, 0.05) is 22.2 Å². The summed E-state index contributed by atoms with van der Waals surface area (Å²) < 4.78 is 0. The smallest absolute Gasteiger partial charge is 0.248 e. The zero-order valence-corrected chi connectivity index (χ0v) is 14.4. The van der Waals surface area contributed by atoms with Crippen molar-refractivity contribution < 1.29 is 4.79 Å². The van der Waals surface area contributed by atoms with E-state index in [1.807, 2.05) is 48.5 Å². The molecule has 3 aromatic carbocycles. The molecule has 6 heteroatoms. The van der Waals surface area contributed by atoms with Gasteiger partial charge >= 0.3 is 0 Å². The number of carbonyl (C=O) groups is 1. The number of nitrogens with two attached hydrogens (primary N) is 1.